The average molecular weight is 579 g/mol. The van der Waals surface area contributed by atoms with Gasteiger partial charge in [-0.3, -0.25) is 9.59 Å². The normalized spacial score (nSPS) is 12.3. The van der Waals surface area contributed by atoms with E-state index in [4.69, 9.17) is 10.2 Å². The molecule has 0 aliphatic carbocycles. The average Bonchev–Trinajstić information content (AvgIpc) is 2.94. The summed E-state index contributed by atoms with van der Waals surface area (Å²) in [5.41, 5.74) is 0. The molecule has 0 heterocycles. The zero-order valence-corrected chi connectivity index (χ0v) is 26.9. The van der Waals surface area contributed by atoms with Crippen molar-refractivity contribution in [1.82, 2.24) is 0 Å². The molecule has 0 bridgehead atoms. The first-order valence-corrected chi connectivity index (χ1v) is 17.0. The summed E-state index contributed by atoms with van der Waals surface area (Å²) < 4.78 is 0. The largest absolute Gasteiger partial charge is 0.481 e. The highest BCUT2D eigenvalue weighted by Crippen LogP contribution is 2.11. The Morgan fingerprint density at radius 3 is 1.39 bits per heavy atom. The molecule has 0 aromatic rings. The molecule has 0 amide bonds. The molecule has 0 rings (SSSR count). The van der Waals surface area contributed by atoms with Gasteiger partial charge in [0, 0.05) is 12.8 Å². The molecule has 0 saturated carbocycles. The van der Waals surface area contributed by atoms with Crippen LogP contribution in [0.15, 0.2) is 36.5 Å². The van der Waals surface area contributed by atoms with Gasteiger partial charge in [0.05, 0.1) is 6.10 Å². The van der Waals surface area contributed by atoms with Crippen molar-refractivity contribution in [3.63, 3.8) is 0 Å². The minimum atomic E-state index is -0.689. The van der Waals surface area contributed by atoms with Crippen LogP contribution in [0.4, 0.5) is 0 Å². The van der Waals surface area contributed by atoms with Crippen molar-refractivity contribution in [2.75, 3.05) is 0 Å². The summed E-state index contributed by atoms with van der Waals surface area (Å²) in [6.45, 7) is 4.43. The molecule has 3 N–H and O–H groups in total. The van der Waals surface area contributed by atoms with Gasteiger partial charge in [-0.1, -0.05) is 127 Å². The number of aliphatic carboxylic acids is 2. The first kappa shape index (κ1) is 41.3. The highest BCUT2D eigenvalue weighted by Gasteiger charge is 2.01. The zero-order valence-electron chi connectivity index (χ0n) is 26.9. The lowest BCUT2D eigenvalue weighted by Gasteiger charge is -2.07. The van der Waals surface area contributed by atoms with Gasteiger partial charge >= 0.3 is 11.9 Å². The lowest BCUT2D eigenvalue weighted by Crippen LogP contribution is -2.04. The Labute approximate surface area is 253 Å². The molecule has 0 aliphatic heterocycles. The number of rotatable bonds is 29. The van der Waals surface area contributed by atoms with Gasteiger partial charge in [-0.15, -0.1) is 0 Å². The van der Waals surface area contributed by atoms with Crippen LogP contribution in [-0.4, -0.2) is 33.4 Å². The number of carboxylic acid groups (broad SMARTS) is 2. The molecule has 0 fully saturated rings. The molecule has 0 spiro atoms. The molecule has 0 unspecified atom stereocenters. The lowest BCUT2D eigenvalue weighted by atomic mass is 10.1. The second-order valence-corrected chi connectivity index (χ2v) is 11.3. The van der Waals surface area contributed by atoms with Gasteiger partial charge in [-0.05, 0) is 70.6 Å². The van der Waals surface area contributed by atoms with Gasteiger partial charge in [0.15, 0.2) is 0 Å². The van der Waals surface area contributed by atoms with Gasteiger partial charge in [0.25, 0.3) is 0 Å². The molecule has 0 aromatic heterocycles. The quantitative estimate of drug-likeness (QED) is 0.0606. The van der Waals surface area contributed by atoms with E-state index in [9.17, 15) is 14.7 Å². The Morgan fingerprint density at radius 2 is 0.902 bits per heavy atom. The van der Waals surface area contributed by atoms with Crippen LogP contribution in [0, 0.1) is 0 Å². The molecule has 0 saturated heterocycles. The van der Waals surface area contributed by atoms with Crippen LogP contribution in [0.2, 0.25) is 0 Å². The Morgan fingerprint density at radius 1 is 0.512 bits per heavy atom. The number of carbonyl (C=O) groups is 2. The summed E-state index contributed by atoms with van der Waals surface area (Å²) in [5.74, 6) is -1.36. The van der Waals surface area contributed by atoms with E-state index in [-0.39, 0.29) is 6.10 Å². The van der Waals surface area contributed by atoms with Gasteiger partial charge < -0.3 is 15.3 Å². The van der Waals surface area contributed by atoms with Crippen LogP contribution in [0.3, 0.4) is 0 Å². The van der Waals surface area contributed by atoms with Gasteiger partial charge in [-0.2, -0.15) is 0 Å². The predicted molar refractivity (Wildman–Crippen MR) is 175 cm³/mol. The van der Waals surface area contributed by atoms with E-state index in [2.05, 4.69) is 50.3 Å². The minimum Gasteiger partial charge on any atom is -0.481 e. The third-order valence-electron chi connectivity index (χ3n) is 7.07. The molecular weight excluding hydrogens is 512 g/mol. The van der Waals surface area contributed by atoms with Gasteiger partial charge in [0.1, 0.15) is 0 Å². The van der Waals surface area contributed by atoms with Crippen LogP contribution in [0.5, 0.6) is 0 Å². The van der Waals surface area contributed by atoms with E-state index in [0.717, 1.165) is 77.0 Å². The second-order valence-electron chi connectivity index (χ2n) is 11.3. The standard InChI is InChI=1S/C18H34O3.C18H32O2/c1-2-3-4-11-14-17(19)15-12-9-7-5-6-8-10-13-16-18(20)21;1-2-3-4-5-6-7-8-9-10-11-12-13-14-15-16-17-18(19)20/h9,12,17,19H,2-8,10-11,13-16H2,1H3,(H,20,21);6-7,9-10H,2-5,8,11-17H2,1H3,(H,19,20)/b12-9-;7-6-,10-9-/t17-;/m1./s1. The van der Waals surface area contributed by atoms with Crippen molar-refractivity contribution < 1.29 is 24.9 Å². The van der Waals surface area contributed by atoms with Crippen LogP contribution in [0.25, 0.3) is 0 Å². The monoisotopic (exact) mass is 578 g/mol. The number of carboxylic acids is 2. The molecule has 240 valence electrons. The molecule has 0 aliphatic rings. The Bertz CT molecular complexity index is 638. The van der Waals surface area contributed by atoms with Crippen LogP contribution >= 0.6 is 0 Å². The molecule has 0 aromatic carbocycles. The first-order valence-electron chi connectivity index (χ1n) is 17.0. The number of allylic oxidation sites excluding steroid dienone is 5. The van der Waals surface area contributed by atoms with Crippen molar-refractivity contribution in [2.45, 2.75) is 180 Å². The molecule has 5 nitrogen and oxygen atoms in total. The lowest BCUT2D eigenvalue weighted by molar-refractivity contribution is -0.138. The number of hydrogen-bond donors (Lipinski definition) is 3. The van der Waals surface area contributed by atoms with Crippen molar-refractivity contribution in [3.05, 3.63) is 36.5 Å². The van der Waals surface area contributed by atoms with Crippen molar-refractivity contribution in [3.8, 4) is 0 Å². The van der Waals surface area contributed by atoms with E-state index >= 15 is 0 Å². The maximum Gasteiger partial charge on any atom is 0.303 e. The molecule has 5 heteroatoms. The van der Waals surface area contributed by atoms with Crippen molar-refractivity contribution >= 4 is 11.9 Å². The highest BCUT2D eigenvalue weighted by molar-refractivity contribution is 5.66. The van der Waals surface area contributed by atoms with E-state index in [1.807, 2.05) is 0 Å². The van der Waals surface area contributed by atoms with Crippen LogP contribution in [-0.2, 0) is 9.59 Å². The summed E-state index contributed by atoms with van der Waals surface area (Å²) in [7, 11) is 0. The summed E-state index contributed by atoms with van der Waals surface area (Å²) in [4.78, 5) is 20.6. The summed E-state index contributed by atoms with van der Waals surface area (Å²) in [5, 5.41) is 26.8. The fourth-order valence-corrected chi connectivity index (χ4v) is 4.45. The number of unbranched alkanes of at least 4 members (excludes halogenated alkanes) is 16. The summed E-state index contributed by atoms with van der Waals surface area (Å²) >= 11 is 0. The third-order valence-corrected chi connectivity index (χ3v) is 7.07. The Hall–Kier alpha value is -1.88. The third kappa shape index (κ3) is 42.7. The first-order chi connectivity index (χ1) is 19.9. The van der Waals surface area contributed by atoms with E-state index < -0.39 is 11.9 Å². The minimum absolute atomic E-state index is 0.172. The topological polar surface area (TPSA) is 94.8 Å². The Kier molecular flexibility index (Phi) is 36.4. The molecule has 41 heavy (non-hydrogen) atoms. The second kappa shape index (κ2) is 36.1. The fraction of sp³-hybridized carbons (Fsp3) is 0.778. The SMILES string of the molecule is CCCCC/C=C\C/C=C\CCCCCCCC(=O)O.CCCCCC[C@@H](O)C/C=C\CCCCCCCC(=O)O. The number of aliphatic hydroxyl groups is 1. The zero-order chi connectivity index (χ0) is 30.7. The summed E-state index contributed by atoms with van der Waals surface area (Å²) in [6, 6.07) is 0. The van der Waals surface area contributed by atoms with Gasteiger partial charge in [0.2, 0.25) is 0 Å². The van der Waals surface area contributed by atoms with Crippen LogP contribution in [0.1, 0.15) is 174 Å². The molecular formula is C36H66O5. The predicted octanol–water partition coefficient (Wildman–Crippen LogP) is 11.0. The van der Waals surface area contributed by atoms with Crippen molar-refractivity contribution in [2.24, 2.45) is 0 Å². The van der Waals surface area contributed by atoms with Crippen LogP contribution < -0.4 is 0 Å². The molecule has 0 radical (unpaired) electrons. The highest BCUT2D eigenvalue weighted by atomic mass is 16.4. The fourth-order valence-electron chi connectivity index (χ4n) is 4.45. The van der Waals surface area contributed by atoms with Gasteiger partial charge in [-0.25, -0.2) is 0 Å². The Balaban J connectivity index is 0. The van der Waals surface area contributed by atoms with Crippen molar-refractivity contribution in [1.29, 1.82) is 0 Å². The van der Waals surface area contributed by atoms with E-state index in [1.165, 1.54) is 70.6 Å². The molecule has 1 atom stereocenters. The maximum atomic E-state index is 10.3. The maximum absolute atomic E-state index is 10.3. The smallest absolute Gasteiger partial charge is 0.303 e. The summed E-state index contributed by atoms with van der Waals surface area (Å²) in [6.07, 6.45) is 39.6. The number of aliphatic hydroxyl groups excluding tert-OH is 1. The van der Waals surface area contributed by atoms with E-state index in [1.54, 1.807) is 0 Å². The number of hydrogen-bond acceptors (Lipinski definition) is 3. The van der Waals surface area contributed by atoms with E-state index in [0.29, 0.717) is 12.8 Å².